The number of hydrogen-bond donors (Lipinski definition) is 2. The minimum atomic E-state index is -3.09. The summed E-state index contributed by atoms with van der Waals surface area (Å²) in [7, 11) is 0. The van der Waals surface area contributed by atoms with Crippen molar-refractivity contribution in [3.05, 3.63) is 51.6 Å². The van der Waals surface area contributed by atoms with Crippen LogP contribution in [0.3, 0.4) is 0 Å². The first-order valence-corrected chi connectivity index (χ1v) is 11.5. The van der Waals surface area contributed by atoms with Crippen molar-refractivity contribution in [1.29, 1.82) is 0 Å². The second kappa shape index (κ2) is 8.82. The van der Waals surface area contributed by atoms with Crippen molar-refractivity contribution in [3.63, 3.8) is 0 Å². The molecule has 11 heteroatoms. The monoisotopic (exact) mass is 509 g/mol. The van der Waals surface area contributed by atoms with Crippen LogP contribution in [-0.2, 0) is 22.6 Å². The first-order chi connectivity index (χ1) is 16.4. The van der Waals surface area contributed by atoms with Gasteiger partial charge in [0.2, 0.25) is 0 Å². The predicted octanol–water partition coefficient (Wildman–Crippen LogP) is 4.23. The lowest BCUT2D eigenvalue weighted by Crippen LogP contribution is -2.67. The lowest BCUT2D eigenvalue weighted by atomic mass is 9.69. The Morgan fingerprint density at radius 3 is 2.46 bits per heavy atom. The van der Waals surface area contributed by atoms with Gasteiger partial charge in [-0.1, -0.05) is 18.5 Å². The van der Waals surface area contributed by atoms with Gasteiger partial charge >= 0.3 is 0 Å². The predicted molar refractivity (Wildman–Crippen MR) is 122 cm³/mol. The summed E-state index contributed by atoms with van der Waals surface area (Å²) >= 11 is 5.78. The van der Waals surface area contributed by atoms with Crippen molar-refractivity contribution < 1.29 is 32.3 Å². The first-order valence-electron chi connectivity index (χ1n) is 11.2. The fourth-order valence-corrected chi connectivity index (χ4v) is 5.17. The summed E-state index contributed by atoms with van der Waals surface area (Å²) in [6.45, 7) is 3.45. The molecule has 1 aliphatic carbocycles. The molecular formula is C24H23ClF3N3O4. The third-order valence-electron chi connectivity index (χ3n) is 6.56. The third kappa shape index (κ3) is 4.35. The Labute approximate surface area is 204 Å². The van der Waals surface area contributed by atoms with Crippen LogP contribution in [0.25, 0.3) is 0 Å². The summed E-state index contributed by atoms with van der Waals surface area (Å²) in [5.74, 6) is -7.04. The maximum absolute atomic E-state index is 13.6. The summed E-state index contributed by atoms with van der Waals surface area (Å²) in [5, 5.41) is 4.70. The number of carbonyl (C=O) groups excluding carboxylic acids is 4. The van der Waals surface area contributed by atoms with Crippen LogP contribution in [0.2, 0.25) is 5.02 Å². The van der Waals surface area contributed by atoms with E-state index in [4.69, 9.17) is 11.6 Å². The minimum absolute atomic E-state index is 0.0208. The Morgan fingerprint density at radius 2 is 1.86 bits per heavy atom. The maximum Gasteiger partial charge on any atom is 0.293 e. The number of amides is 2. The van der Waals surface area contributed by atoms with Crippen LogP contribution >= 0.6 is 11.6 Å². The second-order valence-electron chi connectivity index (χ2n) is 8.99. The van der Waals surface area contributed by atoms with Crippen molar-refractivity contribution in [2.45, 2.75) is 64.0 Å². The molecule has 35 heavy (non-hydrogen) atoms. The number of carbonyl (C=O) groups is 4. The van der Waals surface area contributed by atoms with Crippen LogP contribution in [0.5, 0.6) is 0 Å². The number of rotatable bonds is 7. The fourth-order valence-electron chi connectivity index (χ4n) is 4.99. The van der Waals surface area contributed by atoms with Gasteiger partial charge in [-0.25, -0.2) is 13.2 Å². The van der Waals surface area contributed by atoms with E-state index in [1.807, 2.05) is 0 Å². The summed E-state index contributed by atoms with van der Waals surface area (Å²) in [5.41, 5.74) is -0.619. The number of alkyl halides is 2. The van der Waals surface area contributed by atoms with Gasteiger partial charge in [-0.2, -0.15) is 0 Å². The molecule has 2 heterocycles. The first kappa shape index (κ1) is 25.0. The van der Waals surface area contributed by atoms with E-state index in [0.29, 0.717) is 25.1 Å². The second-order valence-corrected chi connectivity index (χ2v) is 9.39. The number of benzene rings is 1. The summed E-state index contributed by atoms with van der Waals surface area (Å²) in [4.78, 5) is 51.4. The molecule has 2 amide bonds. The van der Waals surface area contributed by atoms with Crippen LogP contribution in [-0.4, -0.2) is 39.4 Å². The molecule has 0 spiro atoms. The van der Waals surface area contributed by atoms with Gasteiger partial charge in [0.05, 0.1) is 10.6 Å². The molecule has 0 saturated heterocycles. The lowest BCUT2D eigenvalue weighted by molar-refractivity contribution is -0.163. The highest BCUT2D eigenvalue weighted by Crippen LogP contribution is 2.46. The van der Waals surface area contributed by atoms with Gasteiger partial charge in [0.1, 0.15) is 17.1 Å². The number of Topliss-reactive ketones (excluding diaryl/α,β-unsaturated/α-hetero) is 2. The number of anilines is 1. The average Bonchev–Trinajstić information content (AvgIpc) is 3.33. The normalized spacial score (nSPS) is 17.3. The Kier molecular flexibility index (Phi) is 6.29. The van der Waals surface area contributed by atoms with Crippen molar-refractivity contribution in [2.24, 2.45) is 0 Å². The Hall–Kier alpha value is -3.14. The summed E-state index contributed by atoms with van der Waals surface area (Å²) in [6, 6.07) is 3.68. The summed E-state index contributed by atoms with van der Waals surface area (Å²) < 4.78 is 42.3. The van der Waals surface area contributed by atoms with Crippen molar-refractivity contribution in [1.82, 2.24) is 9.88 Å². The van der Waals surface area contributed by atoms with Crippen molar-refractivity contribution in [3.8, 4) is 0 Å². The summed E-state index contributed by atoms with van der Waals surface area (Å²) in [6.07, 6.45) is -0.714. The van der Waals surface area contributed by atoms with Crippen LogP contribution < -0.4 is 10.6 Å². The molecule has 2 aliphatic rings. The number of nitrogens with one attached hydrogen (secondary N) is 2. The molecular weight excluding hydrogens is 487 g/mol. The van der Waals surface area contributed by atoms with E-state index in [1.165, 1.54) is 26.0 Å². The Morgan fingerprint density at radius 1 is 1.17 bits per heavy atom. The zero-order valence-corrected chi connectivity index (χ0v) is 19.8. The molecule has 2 N–H and O–H groups in total. The molecule has 1 aliphatic heterocycles. The molecule has 0 radical (unpaired) electrons. The SMILES string of the molecule is CCC(=O)C1(NC(=O)C(=O)c2c(C)c(C(=O)Nc3ccc(F)c(Cl)c3)n3c2CCC3)CC(F)(F)C1. The van der Waals surface area contributed by atoms with Crippen molar-refractivity contribution >= 4 is 40.7 Å². The number of aromatic nitrogens is 1. The zero-order valence-electron chi connectivity index (χ0n) is 19.1. The Bertz CT molecular complexity index is 1260. The lowest BCUT2D eigenvalue weighted by Gasteiger charge is -2.46. The third-order valence-corrected chi connectivity index (χ3v) is 6.85. The van der Waals surface area contributed by atoms with Gasteiger partial charge in [-0.05, 0) is 43.5 Å². The smallest absolute Gasteiger partial charge is 0.293 e. The molecule has 2 aromatic rings. The largest absolute Gasteiger partial charge is 0.340 e. The van der Waals surface area contributed by atoms with Crippen LogP contribution in [0.4, 0.5) is 18.9 Å². The zero-order chi connectivity index (χ0) is 25.7. The molecule has 0 atom stereocenters. The van der Waals surface area contributed by atoms with Gasteiger partial charge in [-0.3, -0.25) is 19.2 Å². The molecule has 1 aromatic carbocycles. The van der Waals surface area contributed by atoms with Crippen molar-refractivity contribution in [2.75, 3.05) is 5.32 Å². The molecule has 0 unspecified atom stereocenters. The maximum atomic E-state index is 13.6. The van der Waals surface area contributed by atoms with E-state index in [1.54, 1.807) is 4.57 Å². The minimum Gasteiger partial charge on any atom is -0.340 e. The molecule has 7 nitrogen and oxygen atoms in total. The van der Waals surface area contributed by atoms with Crippen LogP contribution in [0.15, 0.2) is 18.2 Å². The van der Waals surface area contributed by atoms with Gasteiger partial charge in [0, 0.05) is 37.2 Å². The average molecular weight is 510 g/mol. The molecule has 1 saturated carbocycles. The molecule has 4 rings (SSSR count). The number of hydrogen-bond acceptors (Lipinski definition) is 4. The highest BCUT2D eigenvalue weighted by molar-refractivity contribution is 6.44. The van der Waals surface area contributed by atoms with Gasteiger partial charge in [0.25, 0.3) is 23.5 Å². The van der Waals surface area contributed by atoms with Gasteiger partial charge in [-0.15, -0.1) is 0 Å². The molecule has 0 bridgehead atoms. The van der Waals surface area contributed by atoms with Gasteiger partial charge in [0.15, 0.2) is 5.78 Å². The number of nitrogens with zero attached hydrogens (tertiary/aromatic N) is 1. The van der Waals surface area contributed by atoms with Crippen LogP contribution in [0, 0.1) is 12.7 Å². The standard InChI is InChI=1S/C24H23ClF3N3O4/c1-3-17(32)23(10-24(27,28)11-23)30-22(35)20(33)18-12(2)19(31-8-4-5-16(18)31)21(34)29-13-6-7-15(26)14(25)9-13/h6-7,9H,3-5,8,10-11H2,1-2H3,(H,29,34)(H,30,35). The highest BCUT2D eigenvalue weighted by Gasteiger charge is 2.61. The highest BCUT2D eigenvalue weighted by atomic mass is 35.5. The molecule has 186 valence electrons. The van der Waals surface area contributed by atoms with E-state index >= 15 is 0 Å². The number of halogens is 4. The quantitative estimate of drug-likeness (QED) is 0.431. The number of fused-ring (bicyclic) bond motifs is 1. The Balaban J connectivity index is 1.62. The van der Waals surface area contributed by atoms with E-state index in [-0.39, 0.29) is 34.0 Å². The fraction of sp³-hybridized carbons (Fsp3) is 0.417. The van der Waals surface area contributed by atoms with E-state index in [9.17, 15) is 32.3 Å². The topological polar surface area (TPSA) is 97.3 Å². The number of ketones is 2. The van der Waals surface area contributed by atoms with E-state index < -0.39 is 53.5 Å². The van der Waals surface area contributed by atoms with E-state index in [0.717, 1.165) is 6.07 Å². The molecule has 1 aromatic heterocycles. The van der Waals surface area contributed by atoms with Gasteiger partial charge < -0.3 is 15.2 Å². The van der Waals surface area contributed by atoms with E-state index in [2.05, 4.69) is 10.6 Å². The molecule has 1 fully saturated rings. The van der Waals surface area contributed by atoms with Crippen LogP contribution in [0.1, 0.15) is 64.7 Å².